The van der Waals surface area contributed by atoms with E-state index in [-0.39, 0.29) is 5.91 Å². The molecule has 1 heterocycles. The molecule has 1 N–H and O–H groups in total. The van der Waals surface area contributed by atoms with E-state index < -0.39 is 0 Å². The molecule has 0 aliphatic rings. The van der Waals surface area contributed by atoms with Crippen LogP contribution in [0.1, 0.15) is 23.0 Å². The number of hydrogen-bond acceptors (Lipinski definition) is 4. The van der Waals surface area contributed by atoms with Crippen molar-refractivity contribution in [3.8, 4) is 5.75 Å². The van der Waals surface area contributed by atoms with Crippen LogP contribution in [-0.4, -0.2) is 18.7 Å². The molecule has 0 saturated heterocycles. The van der Waals surface area contributed by atoms with Crippen LogP contribution in [-0.2, 0) is 0 Å². The smallest absolute Gasteiger partial charge is 0.275 e. The minimum absolute atomic E-state index is 0.353. The lowest BCUT2D eigenvalue weighted by atomic mass is 10.2. The highest BCUT2D eigenvalue weighted by molar-refractivity contribution is 9.10. The summed E-state index contributed by atoms with van der Waals surface area (Å²) in [6.07, 6.45) is 1.55. The molecule has 0 aliphatic carbocycles. The van der Waals surface area contributed by atoms with Gasteiger partial charge in [-0.3, -0.25) is 4.79 Å². The molecule has 6 heteroatoms. The molecular weight excluding hydrogens is 324 g/mol. The maximum absolute atomic E-state index is 12.1. The van der Waals surface area contributed by atoms with Gasteiger partial charge in [0.05, 0.1) is 18.9 Å². The van der Waals surface area contributed by atoms with Gasteiger partial charge < -0.3 is 9.15 Å². The van der Waals surface area contributed by atoms with Gasteiger partial charge >= 0.3 is 0 Å². The summed E-state index contributed by atoms with van der Waals surface area (Å²) in [6.45, 7) is 1.75. The molecule has 0 spiro atoms. The molecule has 0 bridgehead atoms. The topological polar surface area (TPSA) is 63.8 Å². The van der Waals surface area contributed by atoms with Crippen LogP contribution < -0.4 is 10.2 Å². The molecule has 0 saturated carbocycles. The number of rotatable bonds is 4. The van der Waals surface area contributed by atoms with E-state index in [0.29, 0.717) is 22.8 Å². The van der Waals surface area contributed by atoms with Gasteiger partial charge in [0.2, 0.25) is 0 Å². The van der Waals surface area contributed by atoms with Crippen molar-refractivity contribution in [2.45, 2.75) is 6.92 Å². The number of nitrogens with zero attached hydrogens (tertiary/aromatic N) is 1. The molecule has 1 aromatic carbocycles. The van der Waals surface area contributed by atoms with E-state index >= 15 is 0 Å². The molecule has 1 amide bonds. The summed E-state index contributed by atoms with van der Waals surface area (Å²) < 4.78 is 11.1. The number of carbonyl (C=O) groups excluding carboxylic acids is 1. The Morgan fingerprint density at radius 2 is 2.20 bits per heavy atom. The van der Waals surface area contributed by atoms with Gasteiger partial charge in [0.25, 0.3) is 5.91 Å². The molecule has 0 radical (unpaired) electrons. The third kappa shape index (κ3) is 3.27. The summed E-state index contributed by atoms with van der Waals surface area (Å²) in [5.74, 6) is 0.733. The molecule has 0 fully saturated rings. The Morgan fingerprint density at radius 3 is 2.85 bits per heavy atom. The number of hydrazone groups is 1. The summed E-state index contributed by atoms with van der Waals surface area (Å²) in [6, 6.07) is 8.71. The van der Waals surface area contributed by atoms with Gasteiger partial charge in [-0.05, 0) is 37.3 Å². The van der Waals surface area contributed by atoms with Crippen molar-refractivity contribution >= 4 is 27.5 Å². The average Bonchev–Trinajstić information content (AvgIpc) is 2.98. The highest BCUT2D eigenvalue weighted by atomic mass is 79.9. The van der Waals surface area contributed by atoms with E-state index in [1.807, 2.05) is 0 Å². The van der Waals surface area contributed by atoms with Crippen molar-refractivity contribution < 1.29 is 13.9 Å². The second-order valence-corrected chi connectivity index (χ2v) is 4.88. The normalized spacial score (nSPS) is 11.2. The number of nitrogens with one attached hydrogen (secondary N) is 1. The number of ether oxygens (including phenoxy) is 1. The minimum Gasteiger partial charge on any atom is -0.496 e. The largest absolute Gasteiger partial charge is 0.496 e. The van der Waals surface area contributed by atoms with Crippen LogP contribution in [0, 0.1) is 0 Å². The van der Waals surface area contributed by atoms with Gasteiger partial charge in [-0.1, -0.05) is 15.9 Å². The van der Waals surface area contributed by atoms with Crippen LogP contribution in [0.2, 0.25) is 0 Å². The molecule has 2 rings (SSSR count). The maximum atomic E-state index is 12.1. The van der Waals surface area contributed by atoms with Crippen molar-refractivity contribution in [3.63, 3.8) is 0 Å². The van der Waals surface area contributed by atoms with E-state index in [0.717, 1.165) is 4.47 Å². The predicted octanol–water partition coefficient (Wildman–Crippen LogP) is 3.20. The van der Waals surface area contributed by atoms with Crippen LogP contribution >= 0.6 is 15.9 Å². The summed E-state index contributed by atoms with van der Waals surface area (Å²) in [7, 11) is 1.51. The van der Waals surface area contributed by atoms with Crippen molar-refractivity contribution in [3.05, 3.63) is 52.4 Å². The van der Waals surface area contributed by atoms with Crippen LogP contribution in [0.25, 0.3) is 0 Å². The lowest BCUT2D eigenvalue weighted by molar-refractivity contribution is 0.0951. The first-order chi connectivity index (χ1) is 9.61. The highest BCUT2D eigenvalue weighted by Crippen LogP contribution is 2.22. The molecule has 2 aromatic rings. The van der Waals surface area contributed by atoms with Gasteiger partial charge in [-0.2, -0.15) is 5.10 Å². The fourth-order valence-corrected chi connectivity index (χ4v) is 1.95. The van der Waals surface area contributed by atoms with Gasteiger partial charge in [0.15, 0.2) is 0 Å². The molecule has 104 valence electrons. The van der Waals surface area contributed by atoms with Crippen molar-refractivity contribution in [2.24, 2.45) is 5.10 Å². The molecule has 1 aromatic heterocycles. The van der Waals surface area contributed by atoms with Crippen LogP contribution in [0.3, 0.4) is 0 Å². The molecule has 0 unspecified atom stereocenters. The van der Waals surface area contributed by atoms with Crippen molar-refractivity contribution in [1.29, 1.82) is 0 Å². The van der Waals surface area contributed by atoms with Gasteiger partial charge in [0.1, 0.15) is 17.2 Å². The Morgan fingerprint density at radius 1 is 1.40 bits per heavy atom. The maximum Gasteiger partial charge on any atom is 0.275 e. The molecular formula is C14H13BrN2O3. The molecule has 0 aliphatic heterocycles. The molecule has 20 heavy (non-hydrogen) atoms. The predicted molar refractivity (Wildman–Crippen MR) is 79.1 cm³/mol. The molecule has 5 nitrogen and oxygen atoms in total. The van der Waals surface area contributed by atoms with E-state index in [4.69, 9.17) is 9.15 Å². The van der Waals surface area contributed by atoms with Crippen LogP contribution in [0.15, 0.2) is 50.6 Å². The second kappa shape index (κ2) is 6.38. The number of methoxy groups -OCH3 is 1. The third-order valence-corrected chi connectivity index (χ3v) is 3.10. The Kier molecular flexibility index (Phi) is 4.57. The first kappa shape index (κ1) is 14.3. The second-order valence-electron chi connectivity index (χ2n) is 3.96. The van der Waals surface area contributed by atoms with E-state index in [9.17, 15) is 4.79 Å². The monoisotopic (exact) mass is 336 g/mol. The number of halogens is 1. The number of carbonyl (C=O) groups is 1. The van der Waals surface area contributed by atoms with E-state index in [1.54, 1.807) is 43.5 Å². The zero-order valence-corrected chi connectivity index (χ0v) is 12.6. The highest BCUT2D eigenvalue weighted by Gasteiger charge is 2.12. The summed E-state index contributed by atoms with van der Waals surface area (Å²) in [4.78, 5) is 12.1. The minimum atomic E-state index is -0.353. The summed E-state index contributed by atoms with van der Waals surface area (Å²) in [5, 5.41) is 4.00. The quantitative estimate of drug-likeness (QED) is 0.688. The SMILES string of the molecule is COc1ccc(Br)cc1C(=O)N/N=C(/C)c1ccco1. The fourth-order valence-electron chi connectivity index (χ4n) is 1.59. The lowest BCUT2D eigenvalue weighted by Crippen LogP contribution is -2.20. The van der Waals surface area contributed by atoms with Gasteiger partial charge in [-0.25, -0.2) is 5.43 Å². The van der Waals surface area contributed by atoms with Crippen molar-refractivity contribution in [2.75, 3.05) is 7.11 Å². The summed E-state index contributed by atoms with van der Waals surface area (Å²) >= 11 is 3.32. The fraction of sp³-hybridized carbons (Fsp3) is 0.143. The standard InChI is InChI=1S/C14H13BrN2O3/c1-9(12-4-3-7-20-12)16-17-14(18)11-8-10(15)5-6-13(11)19-2/h3-8H,1-2H3,(H,17,18)/b16-9-. The Bertz CT molecular complexity index is 636. The Balaban J connectivity index is 2.16. The number of benzene rings is 1. The average molecular weight is 337 g/mol. The van der Waals surface area contributed by atoms with Crippen molar-refractivity contribution in [1.82, 2.24) is 5.43 Å². The number of amides is 1. The number of furan rings is 1. The van der Waals surface area contributed by atoms with Crippen LogP contribution in [0.4, 0.5) is 0 Å². The zero-order chi connectivity index (χ0) is 14.5. The third-order valence-electron chi connectivity index (χ3n) is 2.61. The zero-order valence-electron chi connectivity index (χ0n) is 11.0. The first-order valence-electron chi connectivity index (χ1n) is 5.84. The number of hydrogen-bond donors (Lipinski definition) is 1. The summed E-state index contributed by atoms with van der Waals surface area (Å²) in [5.41, 5.74) is 3.46. The van der Waals surface area contributed by atoms with E-state index in [1.165, 1.54) is 7.11 Å². The van der Waals surface area contributed by atoms with Crippen LogP contribution in [0.5, 0.6) is 5.75 Å². The first-order valence-corrected chi connectivity index (χ1v) is 6.63. The van der Waals surface area contributed by atoms with Gasteiger partial charge in [-0.15, -0.1) is 0 Å². The lowest BCUT2D eigenvalue weighted by Gasteiger charge is -2.07. The Labute approximate surface area is 124 Å². The van der Waals surface area contributed by atoms with Gasteiger partial charge in [0, 0.05) is 4.47 Å². The van der Waals surface area contributed by atoms with E-state index in [2.05, 4.69) is 26.5 Å². The Hall–Kier alpha value is -2.08. The molecule has 0 atom stereocenters.